The van der Waals surface area contributed by atoms with E-state index in [1.165, 1.54) is 24.3 Å². The summed E-state index contributed by atoms with van der Waals surface area (Å²) in [5, 5.41) is 28.9. The van der Waals surface area contributed by atoms with Crippen molar-refractivity contribution in [3.05, 3.63) is 29.8 Å². The van der Waals surface area contributed by atoms with E-state index in [1.54, 1.807) is 0 Å². The van der Waals surface area contributed by atoms with Crippen molar-refractivity contribution >= 4 is 23.5 Å². The number of nitrogens with zero attached hydrogens (tertiary/aromatic N) is 1. The normalized spacial score (nSPS) is 38.3. The maximum absolute atomic E-state index is 12.7. The van der Waals surface area contributed by atoms with Crippen LogP contribution in [-0.2, 0) is 9.59 Å². The van der Waals surface area contributed by atoms with Gasteiger partial charge in [0.05, 0.1) is 35.3 Å². The number of hydrogen-bond donors (Lipinski definition) is 3. The Morgan fingerprint density at radius 1 is 0.957 bits per heavy atom. The second-order valence-electron chi connectivity index (χ2n) is 6.46. The first-order valence-electron chi connectivity index (χ1n) is 7.49. The highest BCUT2D eigenvalue weighted by atomic mass is 16.4. The number of carboxylic acid groups (broad SMARTS) is 1. The maximum atomic E-state index is 12.7. The molecule has 7 nitrogen and oxygen atoms in total. The molecule has 0 aromatic heterocycles. The number of hydrogen-bond acceptors (Lipinski definition) is 5. The first-order valence-corrected chi connectivity index (χ1v) is 7.49. The van der Waals surface area contributed by atoms with Crippen molar-refractivity contribution in [2.45, 2.75) is 18.6 Å². The number of imide groups is 1. The highest BCUT2D eigenvalue weighted by Crippen LogP contribution is 2.56. The van der Waals surface area contributed by atoms with E-state index in [0.29, 0.717) is 12.1 Å². The fourth-order valence-corrected chi connectivity index (χ4v) is 4.44. The molecule has 6 atom stereocenters. The van der Waals surface area contributed by atoms with Gasteiger partial charge in [0.2, 0.25) is 11.8 Å². The maximum Gasteiger partial charge on any atom is 0.335 e. The SMILES string of the molecule is O=C(O)c1ccc(N2C(=O)[C@H]3[C@@H]4C[C@@H]([C@H](O)[C@@H]4O)[C@@H]3C2=O)cc1. The molecule has 0 radical (unpaired) electrons. The molecule has 1 heterocycles. The van der Waals surface area contributed by atoms with Gasteiger partial charge in [-0.2, -0.15) is 0 Å². The summed E-state index contributed by atoms with van der Waals surface area (Å²) >= 11 is 0. The summed E-state index contributed by atoms with van der Waals surface area (Å²) in [6.45, 7) is 0. The number of carbonyl (C=O) groups is 3. The van der Waals surface area contributed by atoms with Crippen LogP contribution in [0, 0.1) is 23.7 Å². The summed E-state index contributed by atoms with van der Waals surface area (Å²) in [5.74, 6) is -3.80. The monoisotopic (exact) mass is 317 g/mol. The van der Waals surface area contributed by atoms with E-state index in [1.807, 2.05) is 0 Å². The van der Waals surface area contributed by atoms with Gasteiger partial charge in [0, 0.05) is 11.8 Å². The lowest BCUT2D eigenvalue weighted by Crippen LogP contribution is -2.43. The molecule has 0 spiro atoms. The van der Waals surface area contributed by atoms with E-state index in [9.17, 15) is 24.6 Å². The zero-order valence-electron chi connectivity index (χ0n) is 12.0. The van der Waals surface area contributed by atoms with Gasteiger partial charge in [-0.25, -0.2) is 4.79 Å². The van der Waals surface area contributed by atoms with Crippen LogP contribution >= 0.6 is 0 Å². The summed E-state index contributed by atoms with van der Waals surface area (Å²) in [4.78, 5) is 37.3. The largest absolute Gasteiger partial charge is 0.478 e. The van der Waals surface area contributed by atoms with E-state index in [2.05, 4.69) is 0 Å². The molecule has 1 saturated heterocycles. The highest BCUT2D eigenvalue weighted by molar-refractivity contribution is 6.22. The molecule has 2 bridgehead atoms. The number of carbonyl (C=O) groups excluding carboxylic acids is 2. The first-order chi connectivity index (χ1) is 10.9. The van der Waals surface area contributed by atoms with Crippen LogP contribution in [-0.4, -0.2) is 45.3 Å². The Bertz CT molecular complexity index is 682. The lowest BCUT2D eigenvalue weighted by atomic mass is 9.78. The molecule has 0 unspecified atom stereocenters. The molecule has 3 N–H and O–H groups in total. The third-order valence-corrected chi connectivity index (χ3v) is 5.46. The van der Waals surface area contributed by atoms with E-state index in [0.717, 1.165) is 4.90 Å². The number of carboxylic acids is 1. The molecular weight excluding hydrogens is 302 g/mol. The number of aliphatic hydroxyl groups is 2. The summed E-state index contributed by atoms with van der Waals surface area (Å²) in [5.41, 5.74) is 0.390. The van der Waals surface area contributed by atoms with Crippen LogP contribution in [0.15, 0.2) is 24.3 Å². The van der Waals surface area contributed by atoms with E-state index < -0.39 is 30.0 Å². The van der Waals surface area contributed by atoms with Crippen molar-refractivity contribution in [1.29, 1.82) is 0 Å². The number of anilines is 1. The topological polar surface area (TPSA) is 115 Å². The Morgan fingerprint density at radius 2 is 1.43 bits per heavy atom. The molecule has 1 aromatic rings. The van der Waals surface area contributed by atoms with Crippen LogP contribution in [0.2, 0.25) is 0 Å². The van der Waals surface area contributed by atoms with Crippen molar-refractivity contribution in [2.75, 3.05) is 4.90 Å². The standard InChI is InChI=1S/C16H15NO6/c18-12-8-5-9(13(12)19)11-10(8)14(20)17(15(11)21)7-3-1-6(2-4-7)16(22)23/h1-4,8-13,18-19H,5H2,(H,22,23)/t8-,9+,10-,11-,12+,13-/m0/s1. The quantitative estimate of drug-likeness (QED) is 0.654. The van der Waals surface area contributed by atoms with Crippen molar-refractivity contribution in [3.8, 4) is 0 Å². The minimum Gasteiger partial charge on any atom is -0.478 e. The lowest BCUT2D eigenvalue weighted by molar-refractivity contribution is -0.129. The van der Waals surface area contributed by atoms with Crippen LogP contribution in [0.5, 0.6) is 0 Å². The van der Waals surface area contributed by atoms with E-state index >= 15 is 0 Å². The predicted octanol–water partition coefficient (Wildman–Crippen LogP) is -0.138. The fourth-order valence-electron chi connectivity index (χ4n) is 4.44. The molecule has 120 valence electrons. The van der Waals surface area contributed by atoms with E-state index in [-0.39, 0.29) is 29.2 Å². The minimum atomic E-state index is -1.09. The van der Waals surface area contributed by atoms with Crippen LogP contribution in [0.3, 0.4) is 0 Å². The Morgan fingerprint density at radius 3 is 1.87 bits per heavy atom. The molecule has 3 fully saturated rings. The van der Waals surface area contributed by atoms with Crippen molar-refractivity contribution in [3.63, 3.8) is 0 Å². The fraction of sp³-hybridized carbons (Fsp3) is 0.438. The van der Waals surface area contributed by atoms with Crippen molar-refractivity contribution in [2.24, 2.45) is 23.7 Å². The Balaban J connectivity index is 1.68. The van der Waals surface area contributed by atoms with Gasteiger partial charge >= 0.3 is 5.97 Å². The number of amides is 2. The average molecular weight is 317 g/mol. The van der Waals surface area contributed by atoms with Crippen molar-refractivity contribution in [1.82, 2.24) is 0 Å². The molecule has 23 heavy (non-hydrogen) atoms. The molecule has 2 amide bonds. The van der Waals surface area contributed by atoms with E-state index in [4.69, 9.17) is 5.11 Å². The van der Waals surface area contributed by atoms with Gasteiger partial charge in [0.25, 0.3) is 0 Å². The number of fused-ring (bicyclic) bond motifs is 5. The lowest BCUT2D eigenvalue weighted by Gasteiger charge is -2.29. The molecule has 1 aliphatic heterocycles. The summed E-state index contributed by atoms with van der Waals surface area (Å²) < 4.78 is 0. The summed E-state index contributed by atoms with van der Waals surface area (Å²) in [7, 11) is 0. The zero-order valence-corrected chi connectivity index (χ0v) is 12.0. The average Bonchev–Trinajstić information content (AvgIpc) is 3.12. The second-order valence-corrected chi connectivity index (χ2v) is 6.46. The minimum absolute atomic E-state index is 0.0685. The van der Waals surface area contributed by atoms with Gasteiger partial charge in [-0.15, -0.1) is 0 Å². The Kier molecular flexibility index (Phi) is 2.88. The molecule has 2 saturated carbocycles. The molecule has 4 rings (SSSR count). The summed E-state index contributed by atoms with van der Waals surface area (Å²) in [6.07, 6.45) is -1.44. The molecule has 1 aromatic carbocycles. The zero-order chi connectivity index (χ0) is 16.5. The third-order valence-electron chi connectivity index (χ3n) is 5.46. The molecule has 3 aliphatic rings. The number of benzene rings is 1. The molecule has 2 aliphatic carbocycles. The molecule has 7 heteroatoms. The van der Waals surface area contributed by atoms with Gasteiger partial charge in [-0.1, -0.05) is 0 Å². The van der Waals surface area contributed by atoms with Crippen LogP contribution in [0.25, 0.3) is 0 Å². The van der Waals surface area contributed by atoms with Gasteiger partial charge in [-0.3, -0.25) is 14.5 Å². The van der Waals surface area contributed by atoms with Crippen LogP contribution < -0.4 is 4.90 Å². The Hall–Kier alpha value is -2.25. The highest BCUT2D eigenvalue weighted by Gasteiger charge is 2.67. The number of aromatic carboxylic acids is 1. The second kappa shape index (κ2) is 4.62. The molecular formula is C16H15NO6. The number of aliphatic hydroxyl groups excluding tert-OH is 2. The first kappa shape index (κ1) is 14.3. The van der Waals surface area contributed by atoms with Crippen LogP contribution in [0.4, 0.5) is 5.69 Å². The smallest absolute Gasteiger partial charge is 0.335 e. The van der Waals surface area contributed by atoms with Gasteiger partial charge in [0.1, 0.15) is 0 Å². The van der Waals surface area contributed by atoms with Gasteiger partial charge in [-0.05, 0) is 30.7 Å². The van der Waals surface area contributed by atoms with Crippen LogP contribution in [0.1, 0.15) is 16.8 Å². The number of rotatable bonds is 2. The summed E-state index contributed by atoms with van der Waals surface area (Å²) in [6, 6.07) is 5.53. The predicted molar refractivity (Wildman–Crippen MR) is 76.5 cm³/mol. The Labute approximate surface area is 131 Å². The van der Waals surface area contributed by atoms with Gasteiger partial charge in [0.15, 0.2) is 0 Å². The van der Waals surface area contributed by atoms with Gasteiger partial charge < -0.3 is 15.3 Å². The van der Waals surface area contributed by atoms with Crippen molar-refractivity contribution < 1.29 is 29.7 Å². The third kappa shape index (κ3) is 1.74.